The molecule has 2 fully saturated rings. The minimum absolute atomic E-state index is 0.0579. The summed E-state index contributed by atoms with van der Waals surface area (Å²) in [6.07, 6.45) is 7.66. The Kier molecular flexibility index (Phi) is 7.02. The molecule has 166 valence electrons. The van der Waals surface area contributed by atoms with Crippen LogP contribution in [0.2, 0.25) is 0 Å². The van der Waals surface area contributed by atoms with Gasteiger partial charge in [-0.25, -0.2) is 0 Å². The third-order valence-corrected chi connectivity index (χ3v) is 6.64. The van der Waals surface area contributed by atoms with Crippen LogP contribution in [0.15, 0.2) is 48.8 Å². The molecule has 4 rings (SSSR count). The van der Waals surface area contributed by atoms with Crippen LogP contribution in [0.5, 0.6) is 0 Å². The Hall–Kier alpha value is -2.67. The average molecular weight is 425 g/mol. The number of rotatable bonds is 7. The molecule has 2 aromatic rings. The van der Waals surface area contributed by atoms with Crippen molar-refractivity contribution in [1.29, 1.82) is 0 Å². The maximum Gasteiger partial charge on any atom is 0.251 e. The number of piperidine rings is 1. The molecule has 2 saturated heterocycles. The molecule has 0 unspecified atom stereocenters. The van der Waals surface area contributed by atoms with Crippen molar-refractivity contribution in [3.05, 3.63) is 54.4 Å². The molecule has 2 aliphatic rings. The van der Waals surface area contributed by atoms with Gasteiger partial charge in [0.1, 0.15) is 12.6 Å². The Morgan fingerprint density at radius 1 is 1.16 bits per heavy atom. The van der Waals surface area contributed by atoms with Crippen LogP contribution >= 0.6 is 0 Å². The lowest BCUT2D eigenvalue weighted by Gasteiger charge is -2.40. The average Bonchev–Trinajstić information content (AvgIpc) is 3.52. The summed E-state index contributed by atoms with van der Waals surface area (Å²) in [6.45, 7) is 2.39. The van der Waals surface area contributed by atoms with Crippen molar-refractivity contribution in [3.8, 4) is 0 Å². The van der Waals surface area contributed by atoms with Crippen LogP contribution in [0.1, 0.15) is 31.2 Å². The van der Waals surface area contributed by atoms with Gasteiger partial charge in [-0.05, 0) is 49.7 Å². The second-order valence-corrected chi connectivity index (χ2v) is 8.63. The molecule has 2 atom stereocenters. The van der Waals surface area contributed by atoms with Crippen LogP contribution in [-0.4, -0.2) is 70.3 Å². The Balaban J connectivity index is 1.42. The Morgan fingerprint density at radius 3 is 2.58 bits per heavy atom. The standard InChI is InChI=1S/C24H32N4O3/c1-26(23(29)18-28-13-6-12-25-28)21(17-19-7-3-2-4-8-19)20-10-14-27(15-11-20)24(30)22-9-5-16-31-22/h2-4,6-8,12-13,20-22H,5,9-11,14-18H2,1H3/t21-,22+/m0/s1. The second kappa shape index (κ2) is 10.1. The molecular formula is C24H32N4O3. The minimum atomic E-state index is -0.255. The summed E-state index contributed by atoms with van der Waals surface area (Å²) in [7, 11) is 1.91. The third kappa shape index (κ3) is 5.34. The summed E-state index contributed by atoms with van der Waals surface area (Å²) >= 11 is 0. The predicted octanol–water partition coefficient (Wildman–Crippen LogP) is 2.37. The Morgan fingerprint density at radius 2 is 1.94 bits per heavy atom. The zero-order valence-electron chi connectivity index (χ0n) is 18.2. The van der Waals surface area contributed by atoms with Gasteiger partial charge < -0.3 is 14.5 Å². The zero-order chi connectivity index (χ0) is 21.6. The Bertz CT molecular complexity index is 841. The van der Waals surface area contributed by atoms with E-state index >= 15 is 0 Å². The number of hydrogen-bond donors (Lipinski definition) is 0. The van der Waals surface area contributed by atoms with Crippen LogP contribution in [-0.2, 0) is 27.3 Å². The predicted molar refractivity (Wildman–Crippen MR) is 117 cm³/mol. The first kappa shape index (κ1) is 21.6. The van der Waals surface area contributed by atoms with E-state index in [1.54, 1.807) is 10.9 Å². The zero-order valence-corrected chi connectivity index (χ0v) is 18.2. The van der Waals surface area contributed by atoms with E-state index in [0.717, 1.165) is 45.2 Å². The van der Waals surface area contributed by atoms with Gasteiger partial charge in [0.25, 0.3) is 5.91 Å². The molecule has 31 heavy (non-hydrogen) atoms. The highest BCUT2D eigenvalue weighted by Gasteiger charge is 2.35. The van der Waals surface area contributed by atoms with Crippen molar-refractivity contribution >= 4 is 11.8 Å². The fourth-order valence-corrected chi connectivity index (χ4v) is 4.79. The van der Waals surface area contributed by atoms with Gasteiger partial charge in [-0.1, -0.05) is 30.3 Å². The molecular weight excluding hydrogens is 392 g/mol. The van der Waals surface area contributed by atoms with Crippen molar-refractivity contribution in [1.82, 2.24) is 19.6 Å². The van der Waals surface area contributed by atoms with Crippen molar-refractivity contribution in [2.45, 2.75) is 50.8 Å². The van der Waals surface area contributed by atoms with Crippen LogP contribution in [0.25, 0.3) is 0 Å². The maximum atomic E-state index is 13.0. The van der Waals surface area contributed by atoms with Gasteiger partial charge in [0.2, 0.25) is 5.91 Å². The smallest absolute Gasteiger partial charge is 0.251 e. The molecule has 2 amide bonds. The summed E-state index contributed by atoms with van der Waals surface area (Å²) in [5.74, 6) is 0.543. The molecule has 7 heteroatoms. The van der Waals surface area contributed by atoms with Crippen molar-refractivity contribution < 1.29 is 14.3 Å². The van der Waals surface area contributed by atoms with E-state index in [1.807, 2.05) is 47.3 Å². The number of benzene rings is 1. The second-order valence-electron chi connectivity index (χ2n) is 8.63. The summed E-state index contributed by atoms with van der Waals surface area (Å²) < 4.78 is 7.26. The molecule has 0 aliphatic carbocycles. The minimum Gasteiger partial charge on any atom is -0.368 e. The van der Waals surface area contributed by atoms with E-state index in [4.69, 9.17) is 4.74 Å². The van der Waals surface area contributed by atoms with Crippen molar-refractivity contribution in [2.24, 2.45) is 5.92 Å². The van der Waals surface area contributed by atoms with Gasteiger partial charge >= 0.3 is 0 Å². The number of likely N-dealkylation sites (N-methyl/N-ethyl adjacent to an activating group) is 1. The topological polar surface area (TPSA) is 67.7 Å². The molecule has 3 heterocycles. The summed E-state index contributed by atoms with van der Waals surface area (Å²) in [6, 6.07) is 12.3. The highest BCUT2D eigenvalue weighted by molar-refractivity contribution is 5.81. The van der Waals surface area contributed by atoms with E-state index in [0.29, 0.717) is 12.5 Å². The lowest BCUT2D eigenvalue weighted by atomic mass is 9.84. The van der Waals surface area contributed by atoms with Gasteiger partial charge in [0, 0.05) is 45.2 Å². The first-order valence-electron chi connectivity index (χ1n) is 11.3. The number of amides is 2. The number of hydrogen-bond acceptors (Lipinski definition) is 4. The van der Waals surface area contributed by atoms with E-state index in [-0.39, 0.29) is 30.5 Å². The Labute approximate surface area is 184 Å². The number of ether oxygens (including phenoxy) is 1. The van der Waals surface area contributed by atoms with Gasteiger partial charge in [-0.15, -0.1) is 0 Å². The van der Waals surface area contributed by atoms with Gasteiger partial charge in [0.05, 0.1) is 0 Å². The molecule has 0 N–H and O–H groups in total. The quantitative estimate of drug-likeness (QED) is 0.684. The highest BCUT2D eigenvalue weighted by atomic mass is 16.5. The number of nitrogens with zero attached hydrogens (tertiary/aromatic N) is 4. The molecule has 2 aliphatic heterocycles. The number of carbonyl (C=O) groups excluding carboxylic acids is 2. The van der Waals surface area contributed by atoms with E-state index in [2.05, 4.69) is 17.2 Å². The van der Waals surface area contributed by atoms with E-state index in [1.165, 1.54) is 5.56 Å². The summed E-state index contributed by atoms with van der Waals surface area (Å²) in [5.41, 5.74) is 1.23. The highest BCUT2D eigenvalue weighted by Crippen LogP contribution is 2.28. The summed E-state index contributed by atoms with van der Waals surface area (Å²) in [5, 5.41) is 4.17. The molecule has 1 aromatic heterocycles. The normalized spacial score (nSPS) is 20.5. The largest absolute Gasteiger partial charge is 0.368 e. The van der Waals surface area contributed by atoms with Gasteiger partial charge in [0.15, 0.2) is 0 Å². The fourth-order valence-electron chi connectivity index (χ4n) is 4.79. The lowest BCUT2D eigenvalue weighted by molar-refractivity contribution is -0.143. The molecule has 1 aromatic carbocycles. The number of aromatic nitrogens is 2. The van der Waals surface area contributed by atoms with Gasteiger partial charge in [-0.3, -0.25) is 14.3 Å². The summed E-state index contributed by atoms with van der Waals surface area (Å²) in [4.78, 5) is 29.6. The fraction of sp³-hybridized carbons (Fsp3) is 0.542. The molecule has 7 nitrogen and oxygen atoms in total. The number of carbonyl (C=O) groups is 2. The van der Waals surface area contributed by atoms with Crippen LogP contribution < -0.4 is 0 Å². The number of likely N-dealkylation sites (tertiary alicyclic amines) is 1. The maximum absolute atomic E-state index is 13.0. The third-order valence-electron chi connectivity index (χ3n) is 6.64. The monoisotopic (exact) mass is 424 g/mol. The van der Waals surface area contributed by atoms with Crippen LogP contribution in [0, 0.1) is 5.92 Å². The lowest BCUT2D eigenvalue weighted by Crippen LogP contribution is -2.50. The van der Waals surface area contributed by atoms with Gasteiger partial charge in [-0.2, -0.15) is 5.10 Å². The first-order chi connectivity index (χ1) is 15.1. The van der Waals surface area contributed by atoms with E-state index in [9.17, 15) is 9.59 Å². The van der Waals surface area contributed by atoms with Crippen LogP contribution in [0.3, 0.4) is 0 Å². The molecule has 0 saturated carbocycles. The van der Waals surface area contributed by atoms with Crippen molar-refractivity contribution in [3.63, 3.8) is 0 Å². The van der Waals surface area contributed by atoms with E-state index < -0.39 is 0 Å². The molecule has 0 radical (unpaired) electrons. The molecule has 0 spiro atoms. The first-order valence-corrected chi connectivity index (χ1v) is 11.3. The van der Waals surface area contributed by atoms with Crippen LogP contribution in [0.4, 0.5) is 0 Å². The SMILES string of the molecule is CN(C(=O)Cn1cccn1)[C@@H](Cc1ccccc1)C1CCN(C(=O)[C@H]2CCCO2)CC1. The molecule has 0 bridgehead atoms. The van der Waals surface area contributed by atoms with Crippen molar-refractivity contribution in [2.75, 3.05) is 26.7 Å².